The molecule has 8 nitrogen and oxygen atoms in total. The summed E-state index contributed by atoms with van der Waals surface area (Å²) in [7, 11) is 0. The molecule has 0 amide bonds. The number of aromatic nitrogens is 3. The van der Waals surface area contributed by atoms with Gasteiger partial charge in [-0.2, -0.15) is 9.97 Å². The summed E-state index contributed by atoms with van der Waals surface area (Å²) in [6, 6.07) is 0.0166. The first kappa shape index (κ1) is 21.9. The Bertz CT molecular complexity index is 1000. The van der Waals surface area contributed by atoms with Gasteiger partial charge in [0.25, 0.3) is 0 Å². The third-order valence-corrected chi connectivity index (χ3v) is 6.95. The van der Waals surface area contributed by atoms with Crippen LogP contribution in [0, 0.1) is 5.82 Å². The molecule has 5 rings (SSSR count). The van der Waals surface area contributed by atoms with Gasteiger partial charge in [-0.3, -0.25) is 4.90 Å². The van der Waals surface area contributed by atoms with E-state index in [2.05, 4.69) is 19.9 Å². The summed E-state index contributed by atoms with van der Waals surface area (Å²) in [6.07, 6.45) is 3.16. The van der Waals surface area contributed by atoms with Crippen molar-refractivity contribution in [2.24, 2.45) is 0 Å². The van der Waals surface area contributed by atoms with Crippen LogP contribution < -0.4 is 9.64 Å². The fourth-order valence-electron chi connectivity index (χ4n) is 5.15. The zero-order valence-electron chi connectivity index (χ0n) is 17.6. The lowest BCUT2D eigenvalue weighted by Gasteiger charge is -2.31. The fourth-order valence-corrected chi connectivity index (χ4v) is 5.29. The molecule has 2 aromatic heterocycles. The van der Waals surface area contributed by atoms with Crippen molar-refractivity contribution in [2.75, 3.05) is 50.9 Å². The SMILES string of the molecule is OCC1CN(c2nc(OC[C@@]34CCCN3C[C@H](F)C4)nc3c(F)c(Cl)ncc23)CCCO1. The van der Waals surface area contributed by atoms with E-state index < -0.39 is 12.0 Å². The number of nitrogens with zero attached hydrogens (tertiary/aromatic N) is 5. The standard InChI is InChI=1S/C21H26ClF2N5O3/c22-18-16(24)17-15(8-25-18)19(28-4-2-6-31-14(10-28)11-30)27-20(26-17)32-12-21-3-1-5-29(21)9-13(23)7-21/h8,13-14,30H,1-7,9-12H2/t13-,14?,21+/m1/s1. The highest BCUT2D eigenvalue weighted by Gasteiger charge is 2.49. The Kier molecular flexibility index (Phi) is 6.04. The molecule has 0 aliphatic carbocycles. The highest BCUT2D eigenvalue weighted by atomic mass is 35.5. The van der Waals surface area contributed by atoms with E-state index in [9.17, 15) is 13.9 Å². The molecule has 32 heavy (non-hydrogen) atoms. The molecule has 2 aromatic rings. The number of fused-ring (bicyclic) bond motifs is 2. The number of alkyl halides is 1. The number of aliphatic hydroxyl groups excluding tert-OH is 1. The molecule has 3 saturated heterocycles. The largest absolute Gasteiger partial charge is 0.461 e. The van der Waals surface area contributed by atoms with Crippen LogP contribution in [-0.2, 0) is 4.74 Å². The zero-order valence-corrected chi connectivity index (χ0v) is 18.4. The molecule has 1 N–H and O–H groups in total. The third-order valence-electron chi connectivity index (χ3n) is 6.69. The van der Waals surface area contributed by atoms with Crippen molar-refractivity contribution in [1.82, 2.24) is 19.9 Å². The lowest BCUT2D eigenvalue weighted by Crippen LogP contribution is -2.43. The second-order valence-electron chi connectivity index (χ2n) is 8.79. The third kappa shape index (κ3) is 3.98. The first-order valence-corrected chi connectivity index (χ1v) is 11.4. The Hall–Kier alpha value is -1.88. The van der Waals surface area contributed by atoms with E-state index in [1.165, 1.54) is 6.20 Å². The lowest BCUT2D eigenvalue weighted by molar-refractivity contribution is 0.0266. The molecule has 174 valence electrons. The predicted octanol–water partition coefficient (Wildman–Crippen LogP) is 2.36. The maximum atomic E-state index is 14.9. The topological polar surface area (TPSA) is 83.8 Å². The van der Waals surface area contributed by atoms with Crippen LogP contribution in [0.1, 0.15) is 25.7 Å². The average Bonchev–Trinajstić information content (AvgIpc) is 3.19. The summed E-state index contributed by atoms with van der Waals surface area (Å²) < 4.78 is 40.6. The monoisotopic (exact) mass is 469 g/mol. The summed E-state index contributed by atoms with van der Waals surface area (Å²) in [5.41, 5.74) is -0.351. The van der Waals surface area contributed by atoms with Crippen LogP contribution in [0.5, 0.6) is 6.01 Å². The van der Waals surface area contributed by atoms with Crippen LogP contribution in [0.4, 0.5) is 14.6 Å². The van der Waals surface area contributed by atoms with Crippen molar-refractivity contribution in [2.45, 2.75) is 43.5 Å². The second-order valence-corrected chi connectivity index (χ2v) is 9.15. The van der Waals surface area contributed by atoms with E-state index in [0.717, 1.165) is 25.8 Å². The minimum absolute atomic E-state index is 0.0166. The Balaban J connectivity index is 1.50. The van der Waals surface area contributed by atoms with Gasteiger partial charge in [0.2, 0.25) is 0 Å². The van der Waals surface area contributed by atoms with Gasteiger partial charge < -0.3 is 19.5 Å². The van der Waals surface area contributed by atoms with Gasteiger partial charge in [0.15, 0.2) is 11.0 Å². The van der Waals surface area contributed by atoms with Gasteiger partial charge in [0.05, 0.1) is 23.6 Å². The molecular weight excluding hydrogens is 444 g/mol. The van der Waals surface area contributed by atoms with Gasteiger partial charge in [0, 0.05) is 38.9 Å². The summed E-state index contributed by atoms with van der Waals surface area (Å²) in [4.78, 5) is 16.9. The second kappa shape index (κ2) is 8.81. The number of halogens is 3. The molecular formula is C21H26ClF2N5O3. The molecule has 3 aliphatic heterocycles. The maximum Gasteiger partial charge on any atom is 0.319 e. The average molecular weight is 470 g/mol. The lowest BCUT2D eigenvalue weighted by atomic mass is 9.95. The van der Waals surface area contributed by atoms with E-state index in [1.807, 2.05) is 4.90 Å². The van der Waals surface area contributed by atoms with Gasteiger partial charge in [0.1, 0.15) is 24.1 Å². The van der Waals surface area contributed by atoms with Crippen molar-refractivity contribution >= 4 is 28.3 Å². The molecule has 0 saturated carbocycles. The minimum atomic E-state index is -0.873. The molecule has 0 aromatic carbocycles. The number of rotatable bonds is 5. The van der Waals surface area contributed by atoms with Crippen molar-refractivity contribution in [3.8, 4) is 6.01 Å². The van der Waals surface area contributed by atoms with Crippen LogP contribution in [0.25, 0.3) is 10.9 Å². The molecule has 3 aliphatic rings. The van der Waals surface area contributed by atoms with Gasteiger partial charge in [-0.05, 0) is 25.8 Å². The highest BCUT2D eigenvalue weighted by Crippen LogP contribution is 2.40. The summed E-state index contributed by atoms with van der Waals surface area (Å²) in [6.45, 7) is 2.86. The van der Waals surface area contributed by atoms with Crippen LogP contribution in [0.2, 0.25) is 5.15 Å². The van der Waals surface area contributed by atoms with Gasteiger partial charge in [-0.15, -0.1) is 0 Å². The zero-order chi connectivity index (χ0) is 22.3. The molecule has 5 heterocycles. The van der Waals surface area contributed by atoms with E-state index in [0.29, 0.717) is 43.9 Å². The number of pyridine rings is 1. The Labute approximate surface area is 189 Å². The van der Waals surface area contributed by atoms with E-state index in [1.54, 1.807) is 0 Å². The Morgan fingerprint density at radius 2 is 2.16 bits per heavy atom. The van der Waals surface area contributed by atoms with Crippen LogP contribution in [-0.4, -0.2) is 88.8 Å². The molecule has 0 bridgehead atoms. The number of ether oxygens (including phenoxy) is 2. The van der Waals surface area contributed by atoms with Crippen molar-refractivity contribution in [1.29, 1.82) is 0 Å². The van der Waals surface area contributed by atoms with Gasteiger partial charge in [-0.1, -0.05) is 11.6 Å². The van der Waals surface area contributed by atoms with Crippen LogP contribution in [0.15, 0.2) is 6.20 Å². The molecule has 3 fully saturated rings. The maximum absolute atomic E-state index is 14.9. The molecule has 0 spiro atoms. The highest BCUT2D eigenvalue weighted by molar-refractivity contribution is 6.30. The smallest absolute Gasteiger partial charge is 0.319 e. The molecule has 0 radical (unpaired) electrons. The van der Waals surface area contributed by atoms with E-state index in [4.69, 9.17) is 21.1 Å². The van der Waals surface area contributed by atoms with Gasteiger partial charge in [-0.25, -0.2) is 13.8 Å². The quantitative estimate of drug-likeness (QED) is 0.668. The van der Waals surface area contributed by atoms with Gasteiger partial charge >= 0.3 is 6.01 Å². The number of anilines is 1. The van der Waals surface area contributed by atoms with E-state index >= 15 is 0 Å². The Morgan fingerprint density at radius 1 is 1.28 bits per heavy atom. The fraction of sp³-hybridized carbons (Fsp3) is 0.667. The minimum Gasteiger partial charge on any atom is -0.461 e. The first-order chi connectivity index (χ1) is 15.5. The number of hydrogen-bond donors (Lipinski definition) is 1. The first-order valence-electron chi connectivity index (χ1n) is 11.0. The van der Waals surface area contributed by atoms with Crippen molar-refractivity contribution < 1.29 is 23.4 Å². The number of hydrogen-bond acceptors (Lipinski definition) is 8. The molecule has 1 unspecified atom stereocenters. The van der Waals surface area contributed by atoms with Crippen molar-refractivity contribution in [3.05, 3.63) is 17.2 Å². The van der Waals surface area contributed by atoms with Crippen molar-refractivity contribution in [3.63, 3.8) is 0 Å². The molecule has 11 heteroatoms. The number of aliphatic hydroxyl groups is 1. The van der Waals surface area contributed by atoms with Crippen LogP contribution in [0.3, 0.4) is 0 Å². The molecule has 3 atom stereocenters. The summed E-state index contributed by atoms with van der Waals surface area (Å²) in [5, 5.41) is 9.73. The summed E-state index contributed by atoms with van der Waals surface area (Å²) in [5.74, 6) is -0.291. The van der Waals surface area contributed by atoms with Crippen LogP contribution >= 0.6 is 11.6 Å². The normalized spacial score (nSPS) is 28.8. The summed E-state index contributed by atoms with van der Waals surface area (Å²) >= 11 is 5.92. The van der Waals surface area contributed by atoms with E-state index in [-0.39, 0.29) is 41.5 Å². The Morgan fingerprint density at radius 3 is 3.00 bits per heavy atom. The predicted molar refractivity (Wildman–Crippen MR) is 115 cm³/mol.